The van der Waals surface area contributed by atoms with Gasteiger partial charge in [0, 0.05) is 19.7 Å². The van der Waals surface area contributed by atoms with Gasteiger partial charge in [-0.1, -0.05) is 30.3 Å². The van der Waals surface area contributed by atoms with Crippen molar-refractivity contribution in [3.8, 4) is 0 Å². The van der Waals surface area contributed by atoms with Gasteiger partial charge < -0.3 is 5.11 Å². The number of carbonyl (C=O) groups is 1. The van der Waals surface area contributed by atoms with Crippen molar-refractivity contribution >= 4 is 11.7 Å². The first-order valence-electron chi connectivity index (χ1n) is 6.22. The summed E-state index contributed by atoms with van der Waals surface area (Å²) in [6, 6.07) is 10.4. The summed E-state index contributed by atoms with van der Waals surface area (Å²) in [5, 5.41) is 13.1. The van der Waals surface area contributed by atoms with Crippen molar-refractivity contribution < 1.29 is 9.90 Å². The molecule has 0 aliphatic carbocycles. The molecular formula is C14H15N3O2. The quantitative estimate of drug-likeness (QED) is 0.875. The van der Waals surface area contributed by atoms with Crippen LogP contribution in [0.1, 0.15) is 18.0 Å². The first-order chi connectivity index (χ1) is 9.16. The van der Waals surface area contributed by atoms with E-state index in [0.717, 1.165) is 6.42 Å². The number of nitrogens with zero attached hydrogens (tertiary/aromatic N) is 3. The lowest BCUT2D eigenvalue weighted by Gasteiger charge is -2.30. The Labute approximate surface area is 111 Å². The summed E-state index contributed by atoms with van der Waals surface area (Å²) in [5.74, 6) is -0.971. The summed E-state index contributed by atoms with van der Waals surface area (Å²) < 4.78 is 0. The molecule has 98 valence electrons. The van der Waals surface area contributed by atoms with E-state index in [1.807, 2.05) is 30.3 Å². The molecule has 2 unspecified atom stereocenters. The van der Waals surface area contributed by atoms with Gasteiger partial charge in [0.15, 0.2) is 0 Å². The van der Waals surface area contributed by atoms with Crippen LogP contribution in [0.15, 0.2) is 47.6 Å². The second-order valence-electron chi connectivity index (χ2n) is 4.73. The third-order valence-corrected chi connectivity index (χ3v) is 3.63. The zero-order valence-corrected chi connectivity index (χ0v) is 10.6. The molecule has 1 saturated heterocycles. The van der Waals surface area contributed by atoms with E-state index >= 15 is 0 Å². The molecule has 2 heterocycles. The SMILES string of the molecule is CN1C(c2ccccc2)CC2N=C(C(=O)O)C=CN21. The van der Waals surface area contributed by atoms with E-state index in [0.29, 0.717) is 0 Å². The Kier molecular flexibility index (Phi) is 2.83. The Morgan fingerprint density at radius 2 is 2.11 bits per heavy atom. The van der Waals surface area contributed by atoms with Crippen LogP contribution in [0, 0.1) is 0 Å². The summed E-state index contributed by atoms with van der Waals surface area (Å²) in [6.45, 7) is 0. The van der Waals surface area contributed by atoms with Gasteiger partial charge in [0.25, 0.3) is 0 Å². The average molecular weight is 257 g/mol. The van der Waals surface area contributed by atoms with E-state index in [2.05, 4.69) is 22.1 Å². The molecule has 0 radical (unpaired) electrons. The highest BCUT2D eigenvalue weighted by Crippen LogP contribution is 2.36. The van der Waals surface area contributed by atoms with Crippen molar-refractivity contribution in [2.45, 2.75) is 18.6 Å². The normalized spacial score (nSPS) is 26.2. The Hall–Kier alpha value is -2.14. The molecule has 2 aliphatic rings. The van der Waals surface area contributed by atoms with Gasteiger partial charge in [0.05, 0.1) is 6.04 Å². The van der Waals surface area contributed by atoms with Crippen LogP contribution < -0.4 is 0 Å². The van der Waals surface area contributed by atoms with Gasteiger partial charge >= 0.3 is 5.97 Å². The summed E-state index contributed by atoms with van der Waals surface area (Å²) in [7, 11) is 2.00. The standard InChI is InChI=1S/C14H15N3O2/c1-16-12(10-5-3-2-4-6-10)9-13-15-11(14(18)19)7-8-17(13)16/h2-8,12-13H,9H2,1H3,(H,18,19). The van der Waals surface area contributed by atoms with Gasteiger partial charge in [-0.2, -0.15) is 0 Å². The molecule has 3 rings (SSSR count). The molecule has 5 nitrogen and oxygen atoms in total. The van der Waals surface area contributed by atoms with E-state index in [-0.39, 0.29) is 17.9 Å². The molecule has 0 bridgehead atoms. The average Bonchev–Trinajstić information content (AvgIpc) is 2.76. The van der Waals surface area contributed by atoms with Gasteiger partial charge in [0.2, 0.25) is 0 Å². The second kappa shape index (κ2) is 4.51. The third kappa shape index (κ3) is 2.02. The maximum Gasteiger partial charge on any atom is 0.354 e. The number of benzene rings is 1. The molecule has 2 aliphatic heterocycles. The highest BCUT2D eigenvalue weighted by molar-refractivity contribution is 6.40. The lowest BCUT2D eigenvalue weighted by atomic mass is 10.0. The zero-order chi connectivity index (χ0) is 13.4. The van der Waals surface area contributed by atoms with Crippen molar-refractivity contribution in [2.75, 3.05) is 7.05 Å². The first-order valence-corrected chi connectivity index (χ1v) is 6.22. The minimum Gasteiger partial charge on any atom is -0.477 e. The maximum atomic E-state index is 11.0. The molecule has 2 atom stereocenters. The van der Waals surface area contributed by atoms with Crippen LogP contribution in [0.3, 0.4) is 0 Å². The summed E-state index contributed by atoms with van der Waals surface area (Å²) in [5.41, 5.74) is 1.35. The third-order valence-electron chi connectivity index (χ3n) is 3.63. The summed E-state index contributed by atoms with van der Waals surface area (Å²) >= 11 is 0. The Morgan fingerprint density at radius 1 is 1.37 bits per heavy atom. The lowest BCUT2D eigenvalue weighted by Crippen LogP contribution is -2.37. The summed E-state index contributed by atoms with van der Waals surface area (Å²) in [6.07, 6.45) is 4.01. The Bertz CT molecular complexity index is 553. The molecule has 0 spiro atoms. The van der Waals surface area contributed by atoms with Crippen molar-refractivity contribution in [3.63, 3.8) is 0 Å². The molecule has 0 aromatic heterocycles. The van der Waals surface area contributed by atoms with Crippen molar-refractivity contribution in [1.29, 1.82) is 0 Å². The van der Waals surface area contributed by atoms with Gasteiger partial charge in [0.1, 0.15) is 11.9 Å². The molecule has 19 heavy (non-hydrogen) atoms. The highest BCUT2D eigenvalue weighted by atomic mass is 16.4. The van der Waals surface area contributed by atoms with E-state index in [4.69, 9.17) is 5.11 Å². The van der Waals surface area contributed by atoms with Crippen LogP contribution in [-0.2, 0) is 4.79 Å². The number of fused-ring (bicyclic) bond motifs is 1. The minimum atomic E-state index is -0.971. The topological polar surface area (TPSA) is 56.1 Å². The van der Waals surface area contributed by atoms with E-state index in [1.165, 1.54) is 5.56 Å². The number of carboxylic acid groups (broad SMARTS) is 1. The van der Waals surface area contributed by atoms with Crippen molar-refractivity contribution in [2.24, 2.45) is 4.99 Å². The van der Waals surface area contributed by atoms with Crippen LogP contribution in [0.2, 0.25) is 0 Å². The lowest BCUT2D eigenvalue weighted by molar-refractivity contribution is -0.129. The predicted molar refractivity (Wildman–Crippen MR) is 71.4 cm³/mol. The highest BCUT2D eigenvalue weighted by Gasteiger charge is 2.37. The number of aliphatic carboxylic acids is 1. The van der Waals surface area contributed by atoms with Crippen molar-refractivity contribution in [1.82, 2.24) is 10.0 Å². The minimum absolute atomic E-state index is 0.119. The molecule has 1 fully saturated rings. The second-order valence-corrected chi connectivity index (χ2v) is 4.73. The molecular weight excluding hydrogens is 242 g/mol. The van der Waals surface area contributed by atoms with Gasteiger partial charge in [-0.25, -0.2) is 9.80 Å². The molecule has 1 aromatic carbocycles. The van der Waals surface area contributed by atoms with E-state index < -0.39 is 5.97 Å². The van der Waals surface area contributed by atoms with E-state index in [9.17, 15) is 4.79 Å². The van der Waals surface area contributed by atoms with Gasteiger partial charge in [-0.15, -0.1) is 0 Å². The number of rotatable bonds is 2. The van der Waals surface area contributed by atoms with Gasteiger partial charge in [-0.05, 0) is 11.6 Å². The predicted octanol–water partition coefficient (Wildman–Crippen LogP) is 1.66. The number of hydrogen-bond acceptors (Lipinski definition) is 4. The molecule has 1 aromatic rings. The number of hydrogen-bond donors (Lipinski definition) is 1. The number of aliphatic imine (C=N–C) groups is 1. The van der Waals surface area contributed by atoms with Crippen LogP contribution >= 0.6 is 0 Å². The Morgan fingerprint density at radius 3 is 2.79 bits per heavy atom. The largest absolute Gasteiger partial charge is 0.477 e. The smallest absolute Gasteiger partial charge is 0.354 e. The maximum absolute atomic E-state index is 11.0. The fourth-order valence-corrected chi connectivity index (χ4v) is 2.65. The zero-order valence-electron chi connectivity index (χ0n) is 10.6. The fourth-order valence-electron chi connectivity index (χ4n) is 2.65. The monoisotopic (exact) mass is 257 g/mol. The van der Waals surface area contributed by atoms with E-state index in [1.54, 1.807) is 12.3 Å². The summed E-state index contributed by atoms with van der Waals surface area (Å²) in [4.78, 5) is 15.2. The van der Waals surface area contributed by atoms with Crippen LogP contribution in [0.4, 0.5) is 0 Å². The molecule has 0 amide bonds. The first kappa shape index (κ1) is 11.9. The fraction of sp³-hybridized carbons (Fsp3) is 0.286. The Balaban J connectivity index is 1.87. The van der Waals surface area contributed by atoms with Crippen molar-refractivity contribution in [3.05, 3.63) is 48.2 Å². The van der Waals surface area contributed by atoms with Crippen LogP contribution in [0.5, 0.6) is 0 Å². The number of carboxylic acids is 1. The number of hydrazine groups is 1. The molecule has 1 N–H and O–H groups in total. The van der Waals surface area contributed by atoms with Crippen LogP contribution in [0.25, 0.3) is 0 Å². The molecule has 5 heteroatoms. The van der Waals surface area contributed by atoms with Gasteiger partial charge in [-0.3, -0.25) is 10.0 Å². The van der Waals surface area contributed by atoms with Crippen LogP contribution in [-0.4, -0.2) is 40.0 Å². The molecule has 0 saturated carbocycles.